The number of aromatic nitrogens is 3. The van der Waals surface area contributed by atoms with Crippen LogP contribution in [0.25, 0.3) is 22.2 Å². The van der Waals surface area contributed by atoms with Gasteiger partial charge >= 0.3 is 0 Å². The molecular formula is C23H21N5OS. The van der Waals surface area contributed by atoms with Gasteiger partial charge in [-0.1, -0.05) is 18.2 Å². The average Bonchev–Trinajstić information content (AvgIpc) is 3.32. The molecular weight excluding hydrogens is 394 g/mol. The number of nitrogens with zero attached hydrogens (tertiary/aromatic N) is 4. The lowest BCUT2D eigenvalue weighted by Crippen LogP contribution is -2.30. The lowest BCUT2D eigenvalue weighted by atomic mass is 10.1. The number of carbonyl (C=O) groups excluding carboxylic acids is 1. The zero-order valence-corrected chi connectivity index (χ0v) is 17.2. The first-order valence-electron chi connectivity index (χ1n) is 10.1. The van der Waals surface area contributed by atoms with E-state index in [2.05, 4.69) is 26.3 Å². The van der Waals surface area contributed by atoms with E-state index in [1.54, 1.807) is 12.3 Å². The van der Waals surface area contributed by atoms with Crippen LogP contribution in [-0.2, 0) is 0 Å². The van der Waals surface area contributed by atoms with Crippen molar-refractivity contribution in [3.63, 3.8) is 0 Å². The first-order valence-corrected chi connectivity index (χ1v) is 11.0. The third-order valence-corrected chi connectivity index (χ3v) is 6.03. The number of para-hydroxylation sites is 1. The number of hydrogen-bond acceptors (Lipinski definition) is 6. The summed E-state index contributed by atoms with van der Waals surface area (Å²) in [5, 5.41) is 6.19. The van der Waals surface area contributed by atoms with E-state index in [1.807, 2.05) is 41.9 Å². The van der Waals surface area contributed by atoms with E-state index < -0.39 is 0 Å². The van der Waals surface area contributed by atoms with Gasteiger partial charge in [-0.15, -0.1) is 11.3 Å². The molecule has 0 radical (unpaired) electrons. The molecule has 1 saturated heterocycles. The second kappa shape index (κ2) is 8.20. The van der Waals surface area contributed by atoms with E-state index in [1.165, 1.54) is 30.6 Å². The van der Waals surface area contributed by atoms with Gasteiger partial charge in [0.2, 0.25) is 0 Å². The van der Waals surface area contributed by atoms with Gasteiger partial charge in [-0.3, -0.25) is 10.1 Å². The Balaban J connectivity index is 1.51. The Morgan fingerprint density at radius 3 is 2.73 bits per heavy atom. The van der Waals surface area contributed by atoms with Gasteiger partial charge in [-0.2, -0.15) is 0 Å². The SMILES string of the molecule is O=C(Nc1nccs1)c1cccc2ccc(-c3ccnc(N4CCCCC4)c3)nc12. The molecule has 3 aromatic heterocycles. The summed E-state index contributed by atoms with van der Waals surface area (Å²) in [6.07, 6.45) is 7.21. The van der Waals surface area contributed by atoms with E-state index >= 15 is 0 Å². The van der Waals surface area contributed by atoms with Crippen LogP contribution >= 0.6 is 11.3 Å². The Labute approximate surface area is 178 Å². The molecule has 1 N–H and O–H groups in total. The fraction of sp³-hybridized carbons (Fsp3) is 0.217. The maximum Gasteiger partial charge on any atom is 0.259 e. The molecule has 0 aliphatic carbocycles. The topological polar surface area (TPSA) is 71.0 Å². The van der Waals surface area contributed by atoms with Gasteiger partial charge in [0.25, 0.3) is 5.91 Å². The molecule has 1 amide bonds. The number of piperidine rings is 1. The fourth-order valence-corrected chi connectivity index (χ4v) is 4.34. The first-order chi connectivity index (χ1) is 14.8. The number of amides is 1. The number of hydrogen-bond donors (Lipinski definition) is 1. The summed E-state index contributed by atoms with van der Waals surface area (Å²) in [5.41, 5.74) is 3.05. The van der Waals surface area contributed by atoms with Gasteiger partial charge in [0.05, 0.1) is 16.8 Å². The minimum atomic E-state index is -0.205. The summed E-state index contributed by atoms with van der Waals surface area (Å²) < 4.78 is 0. The molecule has 5 rings (SSSR count). The van der Waals surface area contributed by atoms with Crippen molar-refractivity contribution in [2.45, 2.75) is 19.3 Å². The third kappa shape index (κ3) is 3.76. The minimum absolute atomic E-state index is 0.205. The van der Waals surface area contributed by atoms with Crippen LogP contribution < -0.4 is 10.2 Å². The maximum absolute atomic E-state index is 12.8. The standard InChI is InChI=1S/C23H21N5OS/c29-22(27-23-25-11-14-30-23)18-6-4-5-16-7-8-19(26-21(16)18)17-9-10-24-20(15-17)28-12-2-1-3-13-28/h4-11,14-15H,1-3,12-13H2,(H,25,27,29). The van der Waals surface area contributed by atoms with Crippen LogP contribution in [0, 0.1) is 0 Å². The molecule has 4 heterocycles. The van der Waals surface area contributed by atoms with Crippen LogP contribution in [0.5, 0.6) is 0 Å². The van der Waals surface area contributed by atoms with Crippen LogP contribution in [0.3, 0.4) is 0 Å². The molecule has 7 heteroatoms. The Morgan fingerprint density at radius 2 is 1.90 bits per heavy atom. The lowest BCUT2D eigenvalue weighted by molar-refractivity contribution is 0.102. The van der Waals surface area contributed by atoms with E-state index in [0.29, 0.717) is 16.2 Å². The van der Waals surface area contributed by atoms with Crippen molar-refractivity contribution >= 4 is 39.1 Å². The predicted molar refractivity (Wildman–Crippen MR) is 121 cm³/mol. The van der Waals surface area contributed by atoms with E-state index in [0.717, 1.165) is 35.6 Å². The van der Waals surface area contributed by atoms with E-state index in [9.17, 15) is 4.79 Å². The number of carbonyl (C=O) groups is 1. The van der Waals surface area contributed by atoms with Gasteiger partial charge in [-0.05, 0) is 43.5 Å². The molecule has 1 aromatic carbocycles. The highest BCUT2D eigenvalue weighted by Crippen LogP contribution is 2.27. The smallest absolute Gasteiger partial charge is 0.259 e. The summed E-state index contributed by atoms with van der Waals surface area (Å²) >= 11 is 1.39. The van der Waals surface area contributed by atoms with Crippen LogP contribution in [0.15, 0.2) is 60.2 Å². The summed E-state index contributed by atoms with van der Waals surface area (Å²) in [6.45, 7) is 2.09. The summed E-state index contributed by atoms with van der Waals surface area (Å²) in [4.78, 5) is 28.7. The van der Waals surface area contributed by atoms with Crippen molar-refractivity contribution in [3.8, 4) is 11.3 Å². The van der Waals surface area contributed by atoms with Crippen molar-refractivity contribution in [1.29, 1.82) is 0 Å². The molecule has 0 atom stereocenters. The minimum Gasteiger partial charge on any atom is -0.357 e. The van der Waals surface area contributed by atoms with Gasteiger partial charge < -0.3 is 4.90 Å². The second-order valence-corrected chi connectivity index (χ2v) is 8.21. The molecule has 30 heavy (non-hydrogen) atoms. The van der Waals surface area contributed by atoms with Crippen LogP contribution in [-0.4, -0.2) is 33.9 Å². The number of rotatable bonds is 4. The molecule has 1 aliphatic rings. The Bertz CT molecular complexity index is 1190. The first kappa shape index (κ1) is 18.7. The normalized spacial score (nSPS) is 14.1. The fourth-order valence-electron chi connectivity index (χ4n) is 3.81. The number of anilines is 2. The van der Waals surface area contributed by atoms with E-state index in [4.69, 9.17) is 4.98 Å². The molecule has 4 aromatic rings. The van der Waals surface area contributed by atoms with Crippen LogP contribution in [0.2, 0.25) is 0 Å². The maximum atomic E-state index is 12.8. The van der Waals surface area contributed by atoms with Gasteiger partial charge in [0, 0.05) is 41.8 Å². The molecule has 6 nitrogen and oxygen atoms in total. The highest BCUT2D eigenvalue weighted by molar-refractivity contribution is 7.13. The molecule has 0 unspecified atom stereocenters. The molecule has 1 fully saturated rings. The number of benzene rings is 1. The molecule has 0 spiro atoms. The quantitative estimate of drug-likeness (QED) is 0.508. The monoisotopic (exact) mass is 415 g/mol. The number of nitrogens with one attached hydrogen (secondary N) is 1. The van der Waals surface area contributed by atoms with Crippen molar-refractivity contribution < 1.29 is 4.79 Å². The number of fused-ring (bicyclic) bond motifs is 1. The van der Waals surface area contributed by atoms with Crippen molar-refractivity contribution in [3.05, 3.63) is 65.8 Å². The largest absolute Gasteiger partial charge is 0.357 e. The molecule has 0 saturated carbocycles. The Kier molecular flexibility index (Phi) is 5.11. The van der Waals surface area contributed by atoms with Crippen molar-refractivity contribution in [1.82, 2.24) is 15.0 Å². The predicted octanol–water partition coefficient (Wildman–Crippen LogP) is 5.00. The second-order valence-electron chi connectivity index (χ2n) is 7.32. The van der Waals surface area contributed by atoms with Gasteiger partial charge in [-0.25, -0.2) is 15.0 Å². The number of pyridine rings is 2. The molecule has 0 bridgehead atoms. The number of thiazole rings is 1. The Morgan fingerprint density at radius 1 is 1.00 bits per heavy atom. The summed E-state index contributed by atoms with van der Waals surface area (Å²) in [7, 11) is 0. The van der Waals surface area contributed by atoms with Crippen molar-refractivity contribution in [2.24, 2.45) is 0 Å². The lowest BCUT2D eigenvalue weighted by Gasteiger charge is -2.27. The highest BCUT2D eigenvalue weighted by Gasteiger charge is 2.15. The summed E-state index contributed by atoms with van der Waals surface area (Å²) in [5.74, 6) is 0.785. The third-order valence-electron chi connectivity index (χ3n) is 5.34. The van der Waals surface area contributed by atoms with E-state index in [-0.39, 0.29) is 5.91 Å². The van der Waals surface area contributed by atoms with Gasteiger partial charge in [0.15, 0.2) is 5.13 Å². The zero-order valence-electron chi connectivity index (χ0n) is 16.4. The van der Waals surface area contributed by atoms with Crippen molar-refractivity contribution in [2.75, 3.05) is 23.3 Å². The zero-order chi connectivity index (χ0) is 20.3. The molecule has 150 valence electrons. The summed E-state index contributed by atoms with van der Waals surface area (Å²) in [6, 6.07) is 13.7. The average molecular weight is 416 g/mol. The van der Waals surface area contributed by atoms with Crippen LogP contribution in [0.1, 0.15) is 29.6 Å². The van der Waals surface area contributed by atoms with Crippen LogP contribution in [0.4, 0.5) is 10.9 Å². The highest BCUT2D eigenvalue weighted by atomic mass is 32.1. The van der Waals surface area contributed by atoms with Gasteiger partial charge in [0.1, 0.15) is 5.82 Å². The Hall–Kier alpha value is -3.32. The molecule has 1 aliphatic heterocycles.